The number of ketones is 1. The van der Waals surface area contributed by atoms with Gasteiger partial charge in [-0.05, 0) is 57.0 Å². The summed E-state index contributed by atoms with van der Waals surface area (Å²) in [5, 5.41) is 0. The highest BCUT2D eigenvalue weighted by Gasteiger charge is 2.13. The maximum Gasteiger partial charge on any atom is 0.132 e. The Hall–Kier alpha value is -1.35. The lowest BCUT2D eigenvalue weighted by Gasteiger charge is -2.28. The summed E-state index contributed by atoms with van der Waals surface area (Å²) < 4.78 is 5.20. The number of hydrogen-bond donors (Lipinski definition) is 0. The van der Waals surface area contributed by atoms with Crippen LogP contribution >= 0.6 is 0 Å². The summed E-state index contributed by atoms with van der Waals surface area (Å²) in [6.45, 7) is 8.55. The number of benzene rings is 1. The number of Topliss-reactive ketones (excluding diaryl/α,β-unsaturated/α-hetero) is 1. The molecule has 1 atom stereocenters. The summed E-state index contributed by atoms with van der Waals surface area (Å²) >= 11 is 0. The number of likely N-dealkylation sites (N-methyl/N-ethyl adjacent to an activating group) is 1. The van der Waals surface area contributed by atoms with E-state index in [0.29, 0.717) is 11.8 Å². The lowest BCUT2D eigenvalue weighted by molar-refractivity contribution is -0.119. The second-order valence-corrected chi connectivity index (χ2v) is 5.92. The number of methoxy groups -OCH3 is 1. The highest BCUT2D eigenvalue weighted by molar-refractivity contribution is 5.78. The first kappa shape index (κ1) is 18.7. The predicted molar refractivity (Wildman–Crippen MR) is 92.6 cm³/mol. The predicted octanol–water partition coefficient (Wildman–Crippen LogP) is 4.10. The molecule has 1 aromatic carbocycles. The third-order valence-electron chi connectivity index (χ3n) is 4.15. The Kier molecular flexibility index (Phi) is 8.83. The van der Waals surface area contributed by atoms with E-state index in [1.165, 1.54) is 5.56 Å². The number of carbonyl (C=O) groups is 1. The Bertz CT molecular complexity index is 428. The van der Waals surface area contributed by atoms with E-state index in [4.69, 9.17) is 4.74 Å². The zero-order valence-corrected chi connectivity index (χ0v) is 14.6. The van der Waals surface area contributed by atoms with Crippen molar-refractivity contribution in [3.63, 3.8) is 0 Å². The van der Waals surface area contributed by atoms with E-state index in [-0.39, 0.29) is 0 Å². The molecule has 1 aromatic rings. The van der Waals surface area contributed by atoms with Crippen LogP contribution in [-0.4, -0.2) is 36.9 Å². The highest BCUT2D eigenvalue weighted by Crippen LogP contribution is 2.15. The zero-order valence-electron chi connectivity index (χ0n) is 14.6. The number of carbonyl (C=O) groups excluding carboxylic acids is 1. The molecule has 0 fully saturated rings. The van der Waals surface area contributed by atoms with Crippen LogP contribution in [0, 0.1) is 0 Å². The van der Waals surface area contributed by atoms with Crippen molar-refractivity contribution in [1.29, 1.82) is 0 Å². The first-order valence-corrected chi connectivity index (χ1v) is 8.49. The lowest BCUT2D eigenvalue weighted by Crippen LogP contribution is -2.35. The van der Waals surface area contributed by atoms with Gasteiger partial charge in [0.1, 0.15) is 11.5 Å². The molecule has 1 unspecified atom stereocenters. The maximum absolute atomic E-state index is 11.6. The number of nitrogens with zero attached hydrogens (tertiary/aromatic N) is 1. The average Bonchev–Trinajstić information content (AvgIpc) is 2.52. The third kappa shape index (κ3) is 6.61. The van der Waals surface area contributed by atoms with Gasteiger partial charge in [-0.15, -0.1) is 0 Å². The van der Waals surface area contributed by atoms with Gasteiger partial charge in [-0.1, -0.05) is 26.0 Å². The number of hydrogen-bond acceptors (Lipinski definition) is 3. The fraction of sp³-hybridized carbons (Fsp3) is 0.632. The quantitative estimate of drug-likeness (QED) is 0.616. The van der Waals surface area contributed by atoms with Crippen LogP contribution in [0.2, 0.25) is 0 Å². The molecule has 0 heterocycles. The summed E-state index contributed by atoms with van der Waals surface area (Å²) in [6.07, 6.45) is 4.41. The van der Waals surface area contributed by atoms with Crippen molar-refractivity contribution >= 4 is 5.78 Å². The van der Waals surface area contributed by atoms with E-state index in [9.17, 15) is 4.79 Å². The first-order valence-electron chi connectivity index (χ1n) is 8.49. The van der Waals surface area contributed by atoms with Gasteiger partial charge in [0.2, 0.25) is 0 Å². The molecule has 0 radical (unpaired) electrons. The average molecular weight is 305 g/mol. The fourth-order valence-electron chi connectivity index (χ4n) is 2.81. The second-order valence-electron chi connectivity index (χ2n) is 5.92. The molecular formula is C19H31NO2. The van der Waals surface area contributed by atoms with Gasteiger partial charge in [0.15, 0.2) is 0 Å². The van der Waals surface area contributed by atoms with Crippen molar-refractivity contribution in [2.45, 2.75) is 58.9 Å². The summed E-state index contributed by atoms with van der Waals surface area (Å²) in [5.41, 5.74) is 1.33. The van der Waals surface area contributed by atoms with E-state index >= 15 is 0 Å². The van der Waals surface area contributed by atoms with E-state index in [1.54, 1.807) is 7.11 Å². The van der Waals surface area contributed by atoms with Crippen LogP contribution in [0.15, 0.2) is 24.3 Å². The van der Waals surface area contributed by atoms with Crippen LogP contribution in [0.1, 0.15) is 52.0 Å². The van der Waals surface area contributed by atoms with Gasteiger partial charge in [-0.3, -0.25) is 4.79 Å². The first-order chi connectivity index (χ1) is 10.6. The van der Waals surface area contributed by atoms with E-state index in [0.717, 1.165) is 50.9 Å². The zero-order chi connectivity index (χ0) is 16.4. The molecule has 1 rings (SSSR count). The molecule has 124 valence electrons. The molecule has 0 saturated heterocycles. The van der Waals surface area contributed by atoms with Gasteiger partial charge in [0, 0.05) is 18.9 Å². The van der Waals surface area contributed by atoms with Crippen molar-refractivity contribution in [3.8, 4) is 5.75 Å². The summed E-state index contributed by atoms with van der Waals surface area (Å²) in [7, 11) is 1.69. The van der Waals surface area contributed by atoms with Gasteiger partial charge in [-0.2, -0.15) is 0 Å². The standard InChI is InChI=1S/C19H31NO2/c1-5-8-18(21)9-7-14-20(6-2)16(3)15-17-10-12-19(22-4)13-11-17/h10-13,16H,5-9,14-15H2,1-4H3. The molecular weight excluding hydrogens is 274 g/mol. The van der Waals surface area contributed by atoms with Crippen molar-refractivity contribution in [2.75, 3.05) is 20.2 Å². The maximum atomic E-state index is 11.6. The second kappa shape index (κ2) is 10.4. The molecule has 3 nitrogen and oxygen atoms in total. The normalized spacial score (nSPS) is 12.4. The Morgan fingerprint density at radius 1 is 1.18 bits per heavy atom. The van der Waals surface area contributed by atoms with E-state index in [2.05, 4.69) is 37.8 Å². The SMILES string of the molecule is CCCC(=O)CCCN(CC)C(C)Cc1ccc(OC)cc1. The lowest BCUT2D eigenvalue weighted by atomic mass is 10.0. The fourth-order valence-corrected chi connectivity index (χ4v) is 2.81. The third-order valence-corrected chi connectivity index (χ3v) is 4.15. The largest absolute Gasteiger partial charge is 0.497 e. The Balaban J connectivity index is 2.42. The molecule has 0 aliphatic carbocycles. The molecule has 0 spiro atoms. The summed E-state index contributed by atoms with van der Waals surface area (Å²) in [5.74, 6) is 1.31. The molecule has 0 aliphatic heterocycles. The van der Waals surface area contributed by atoms with Crippen molar-refractivity contribution in [1.82, 2.24) is 4.90 Å². The van der Waals surface area contributed by atoms with Crippen LogP contribution in [0.4, 0.5) is 0 Å². The molecule has 0 amide bonds. The Labute approximate surface area is 135 Å². The summed E-state index contributed by atoms with van der Waals surface area (Å²) in [6, 6.07) is 8.78. The minimum Gasteiger partial charge on any atom is -0.497 e. The van der Waals surface area contributed by atoms with Crippen LogP contribution in [0.5, 0.6) is 5.75 Å². The van der Waals surface area contributed by atoms with Crippen LogP contribution in [0.25, 0.3) is 0 Å². The van der Waals surface area contributed by atoms with Gasteiger partial charge in [0.05, 0.1) is 7.11 Å². The van der Waals surface area contributed by atoms with Gasteiger partial charge in [-0.25, -0.2) is 0 Å². The van der Waals surface area contributed by atoms with Crippen molar-refractivity contribution in [2.24, 2.45) is 0 Å². The number of ether oxygens (including phenoxy) is 1. The Morgan fingerprint density at radius 3 is 2.41 bits per heavy atom. The van der Waals surface area contributed by atoms with Gasteiger partial charge >= 0.3 is 0 Å². The van der Waals surface area contributed by atoms with Crippen LogP contribution in [0.3, 0.4) is 0 Å². The van der Waals surface area contributed by atoms with E-state index in [1.807, 2.05) is 12.1 Å². The molecule has 0 aliphatic rings. The Morgan fingerprint density at radius 2 is 1.86 bits per heavy atom. The number of rotatable bonds is 11. The highest BCUT2D eigenvalue weighted by atomic mass is 16.5. The smallest absolute Gasteiger partial charge is 0.132 e. The van der Waals surface area contributed by atoms with Crippen LogP contribution < -0.4 is 4.74 Å². The monoisotopic (exact) mass is 305 g/mol. The molecule has 0 bridgehead atoms. The molecule has 0 N–H and O–H groups in total. The molecule has 3 heteroatoms. The van der Waals surface area contributed by atoms with Gasteiger partial charge in [0.25, 0.3) is 0 Å². The summed E-state index contributed by atoms with van der Waals surface area (Å²) in [4.78, 5) is 14.1. The molecule has 0 aromatic heterocycles. The van der Waals surface area contributed by atoms with Crippen molar-refractivity contribution in [3.05, 3.63) is 29.8 Å². The van der Waals surface area contributed by atoms with Crippen molar-refractivity contribution < 1.29 is 9.53 Å². The topological polar surface area (TPSA) is 29.5 Å². The molecule has 22 heavy (non-hydrogen) atoms. The minimum atomic E-state index is 0.404. The van der Waals surface area contributed by atoms with Crippen LogP contribution in [-0.2, 0) is 11.2 Å². The minimum absolute atomic E-state index is 0.404. The van der Waals surface area contributed by atoms with Gasteiger partial charge < -0.3 is 9.64 Å². The molecule has 0 saturated carbocycles. The van der Waals surface area contributed by atoms with E-state index < -0.39 is 0 Å².